The average Bonchev–Trinajstić information content (AvgIpc) is 3.02. The summed E-state index contributed by atoms with van der Waals surface area (Å²) in [4.78, 5) is 24.5. The number of thioether (sulfide) groups is 1. The summed E-state index contributed by atoms with van der Waals surface area (Å²) in [5.74, 6) is 1.27. The largest absolute Gasteiger partial charge is 0.352 e. The maximum Gasteiger partial charge on any atom is 0.232 e. The van der Waals surface area contributed by atoms with Gasteiger partial charge in [0.25, 0.3) is 0 Å². The van der Waals surface area contributed by atoms with Crippen molar-refractivity contribution in [2.24, 2.45) is 13.0 Å². The summed E-state index contributed by atoms with van der Waals surface area (Å²) in [5, 5.41) is 14.8. The lowest BCUT2D eigenvalue weighted by molar-refractivity contribution is -0.120. The van der Waals surface area contributed by atoms with Gasteiger partial charge in [-0.05, 0) is 30.9 Å². The minimum absolute atomic E-state index is 0.0233. The van der Waals surface area contributed by atoms with Gasteiger partial charge >= 0.3 is 0 Å². The van der Waals surface area contributed by atoms with E-state index in [1.165, 1.54) is 31.0 Å². The van der Waals surface area contributed by atoms with Crippen molar-refractivity contribution in [3.05, 3.63) is 36.2 Å². The van der Waals surface area contributed by atoms with E-state index in [1.54, 1.807) is 4.57 Å². The van der Waals surface area contributed by atoms with Crippen molar-refractivity contribution in [2.75, 3.05) is 11.1 Å². The molecule has 0 saturated heterocycles. The first kappa shape index (κ1) is 20.4. The molecular weight excluding hydrogens is 374 g/mol. The number of anilines is 1. The molecule has 1 aromatic carbocycles. The third kappa shape index (κ3) is 5.58. The van der Waals surface area contributed by atoms with Gasteiger partial charge in [-0.3, -0.25) is 9.59 Å². The monoisotopic (exact) mass is 401 g/mol. The highest BCUT2D eigenvalue weighted by molar-refractivity contribution is 7.99. The summed E-state index contributed by atoms with van der Waals surface area (Å²) < 4.78 is 1.77. The van der Waals surface area contributed by atoms with E-state index in [2.05, 4.69) is 27.8 Å². The van der Waals surface area contributed by atoms with Crippen molar-refractivity contribution in [1.29, 1.82) is 0 Å². The number of hydrogen-bond acceptors (Lipinski definition) is 5. The third-order valence-corrected chi connectivity index (χ3v) is 6.11. The summed E-state index contributed by atoms with van der Waals surface area (Å²) in [5.41, 5.74) is 0.748. The minimum atomic E-state index is -0.151. The number of benzene rings is 1. The van der Waals surface area contributed by atoms with Gasteiger partial charge in [-0.2, -0.15) is 0 Å². The molecule has 1 saturated carbocycles. The lowest BCUT2D eigenvalue weighted by atomic mass is 9.86. The highest BCUT2D eigenvalue weighted by atomic mass is 32.2. The number of nitrogens with one attached hydrogen (secondary N) is 2. The Morgan fingerprint density at radius 2 is 1.89 bits per heavy atom. The molecule has 1 aromatic heterocycles. The van der Waals surface area contributed by atoms with Crippen LogP contribution < -0.4 is 10.6 Å². The van der Waals surface area contributed by atoms with Crippen LogP contribution in [-0.4, -0.2) is 38.4 Å². The molecule has 0 radical (unpaired) electrons. The first-order valence-electron chi connectivity index (χ1n) is 9.68. The van der Waals surface area contributed by atoms with E-state index in [9.17, 15) is 9.59 Å². The summed E-state index contributed by atoms with van der Waals surface area (Å²) >= 11 is 1.34. The Morgan fingerprint density at radius 1 is 1.14 bits per heavy atom. The Balaban J connectivity index is 1.48. The molecule has 1 aliphatic carbocycles. The number of nitrogens with zero attached hydrogens (tertiary/aromatic N) is 3. The smallest absolute Gasteiger partial charge is 0.232 e. The molecule has 8 heteroatoms. The lowest BCUT2D eigenvalue weighted by Crippen LogP contribution is -2.41. The predicted octanol–water partition coefficient (Wildman–Crippen LogP) is 2.78. The molecule has 28 heavy (non-hydrogen) atoms. The van der Waals surface area contributed by atoms with Crippen LogP contribution in [0.5, 0.6) is 0 Å². The van der Waals surface area contributed by atoms with Gasteiger partial charge in [0.1, 0.15) is 5.82 Å². The number of carbonyl (C=O) groups is 2. The van der Waals surface area contributed by atoms with Crippen LogP contribution in [0.2, 0.25) is 0 Å². The fourth-order valence-electron chi connectivity index (χ4n) is 3.40. The Bertz CT molecular complexity index is 808. The van der Waals surface area contributed by atoms with Gasteiger partial charge in [0.15, 0.2) is 5.16 Å². The van der Waals surface area contributed by atoms with Crippen molar-refractivity contribution in [3.63, 3.8) is 0 Å². The van der Waals surface area contributed by atoms with Gasteiger partial charge in [0.2, 0.25) is 11.8 Å². The first-order valence-corrected chi connectivity index (χ1v) is 10.7. The Labute approximate surface area is 169 Å². The highest BCUT2D eigenvalue weighted by Gasteiger charge is 2.23. The van der Waals surface area contributed by atoms with Crippen LogP contribution in [0.15, 0.2) is 35.5 Å². The van der Waals surface area contributed by atoms with E-state index in [-0.39, 0.29) is 24.3 Å². The second kappa shape index (κ2) is 9.73. The summed E-state index contributed by atoms with van der Waals surface area (Å²) in [6.07, 6.45) is 4.80. The molecule has 1 fully saturated rings. The second-order valence-corrected chi connectivity index (χ2v) is 8.22. The number of amides is 2. The number of rotatable bonds is 7. The van der Waals surface area contributed by atoms with Gasteiger partial charge in [0, 0.05) is 18.8 Å². The molecule has 0 spiro atoms. The molecule has 2 unspecified atom stereocenters. The van der Waals surface area contributed by atoms with Crippen LogP contribution >= 0.6 is 11.8 Å². The topological polar surface area (TPSA) is 88.9 Å². The van der Waals surface area contributed by atoms with E-state index < -0.39 is 0 Å². The molecule has 0 bridgehead atoms. The molecule has 1 aliphatic rings. The molecule has 2 N–H and O–H groups in total. The second-order valence-electron chi connectivity index (χ2n) is 7.27. The molecule has 2 amide bonds. The van der Waals surface area contributed by atoms with E-state index in [1.807, 2.05) is 37.4 Å². The number of para-hydroxylation sites is 1. The normalized spacial score (nSPS) is 19.2. The Morgan fingerprint density at radius 3 is 2.64 bits per heavy atom. The number of carbonyl (C=O) groups excluding carboxylic acids is 2. The van der Waals surface area contributed by atoms with Crippen molar-refractivity contribution in [2.45, 2.75) is 50.2 Å². The molecule has 2 aromatic rings. The van der Waals surface area contributed by atoms with E-state index in [0.717, 1.165) is 12.1 Å². The van der Waals surface area contributed by atoms with Crippen molar-refractivity contribution in [3.8, 4) is 0 Å². The van der Waals surface area contributed by atoms with Gasteiger partial charge in [-0.25, -0.2) is 0 Å². The third-order valence-electron chi connectivity index (χ3n) is 5.09. The van der Waals surface area contributed by atoms with E-state index >= 15 is 0 Å². The molecule has 7 nitrogen and oxygen atoms in total. The zero-order valence-electron chi connectivity index (χ0n) is 16.4. The van der Waals surface area contributed by atoms with Gasteiger partial charge < -0.3 is 15.2 Å². The summed E-state index contributed by atoms with van der Waals surface area (Å²) in [7, 11) is 1.81. The van der Waals surface area contributed by atoms with Crippen LogP contribution in [0, 0.1) is 5.92 Å². The molecule has 0 aliphatic heterocycles. The molecule has 1 heterocycles. The first-order chi connectivity index (χ1) is 13.5. The zero-order valence-corrected chi connectivity index (χ0v) is 17.2. The Kier molecular flexibility index (Phi) is 7.08. The van der Waals surface area contributed by atoms with E-state index in [4.69, 9.17) is 0 Å². The van der Waals surface area contributed by atoms with E-state index in [0.29, 0.717) is 22.7 Å². The van der Waals surface area contributed by atoms with Gasteiger partial charge in [0.05, 0.1) is 12.2 Å². The summed E-state index contributed by atoms with van der Waals surface area (Å²) in [6, 6.07) is 9.58. The van der Waals surface area contributed by atoms with Gasteiger partial charge in [-0.1, -0.05) is 49.7 Å². The molecule has 3 rings (SSSR count). The fourth-order valence-corrected chi connectivity index (χ4v) is 4.15. The molecular formula is C20H27N5O2S. The zero-order chi connectivity index (χ0) is 19.9. The average molecular weight is 402 g/mol. The maximum atomic E-state index is 12.3. The van der Waals surface area contributed by atoms with Crippen LogP contribution in [0.4, 0.5) is 5.69 Å². The number of aromatic nitrogens is 3. The van der Waals surface area contributed by atoms with Crippen LogP contribution in [0.1, 0.15) is 38.4 Å². The summed E-state index contributed by atoms with van der Waals surface area (Å²) in [6.45, 7) is 2.20. The Hall–Kier alpha value is -2.35. The fraction of sp³-hybridized carbons (Fsp3) is 0.500. The standard InChI is InChI=1S/C20H27N5O2S/c1-14-8-6-7-11-16(14)22-19(27)13-28-20-24-23-17(25(20)2)12-18(26)21-15-9-4-3-5-10-15/h3-5,9-10,14,16H,6-8,11-13H2,1-2H3,(H,21,26)(H,22,27). The molecule has 150 valence electrons. The van der Waals surface area contributed by atoms with Crippen molar-refractivity contribution >= 4 is 29.3 Å². The highest BCUT2D eigenvalue weighted by Crippen LogP contribution is 2.24. The predicted molar refractivity (Wildman–Crippen MR) is 110 cm³/mol. The minimum Gasteiger partial charge on any atom is -0.352 e. The van der Waals surface area contributed by atoms with Crippen LogP contribution in [0.3, 0.4) is 0 Å². The van der Waals surface area contributed by atoms with Crippen LogP contribution in [-0.2, 0) is 23.1 Å². The van der Waals surface area contributed by atoms with Crippen molar-refractivity contribution < 1.29 is 9.59 Å². The van der Waals surface area contributed by atoms with Crippen LogP contribution in [0.25, 0.3) is 0 Å². The maximum absolute atomic E-state index is 12.3. The number of hydrogen-bond donors (Lipinski definition) is 2. The van der Waals surface area contributed by atoms with Gasteiger partial charge in [-0.15, -0.1) is 10.2 Å². The lowest BCUT2D eigenvalue weighted by Gasteiger charge is -2.29. The quantitative estimate of drug-likeness (QED) is 0.697. The molecule has 2 atom stereocenters. The SMILES string of the molecule is CC1CCCCC1NC(=O)CSc1nnc(CC(=O)Nc2ccccc2)n1C. The van der Waals surface area contributed by atoms with Crippen molar-refractivity contribution in [1.82, 2.24) is 20.1 Å².